The highest BCUT2D eigenvalue weighted by Crippen LogP contribution is 2.27. The zero-order valence-electron chi connectivity index (χ0n) is 13.1. The van der Waals surface area contributed by atoms with Gasteiger partial charge >= 0.3 is 0 Å². The normalized spacial score (nSPS) is 18.2. The topological polar surface area (TPSA) is 65.7 Å². The van der Waals surface area contributed by atoms with E-state index in [9.17, 15) is 14.3 Å². The first-order valence-corrected chi connectivity index (χ1v) is 7.82. The van der Waals surface area contributed by atoms with Gasteiger partial charge in [0.05, 0.1) is 11.8 Å². The molecule has 23 heavy (non-hydrogen) atoms. The maximum Gasteiger partial charge on any atom is 0.255 e. The summed E-state index contributed by atoms with van der Waals surface area (Å²) in [7, 11) is 2.03. The molecule has 1 aliphatic rings. The van der Waals surface area contributed by atoms with E-state index in [1.54, 1.807) is 6.07 Å². The summed E-state index contributed by atoms with van der Waals surface area (Å²) in [6.07, 6.45) is 3.45. The number of fused-ring (bicyclic) bond motifs is 1. The second kappa shape index (κ2) is 6.29. The Morgan fingerprint density at radius 1 is 1.43 bits per heavy atom. The van der Waals surface area contributed by atoms with Gasteiger partial charge in [-0.15, -0.1) is 0 Å². The highest BCUT2D eigenvalue weighted by molar-refractivity contribution is 6.05. The van der Waals surface area contributed by atoms with E-state index in [-0.39, 0.29) is 18.1 Å². The van der Waals surface area contributed by atoms with Gasteiger partial charge in [-0.05, 0) is 44.5 Å². The van der Waals surface area contributed by atoms with Crippen molar-refractivity contribution in [2.24, 2.45) is 0 Å². The molecule has 1 saturated heterocycles. The minimum Gasteiger partial charge on any atom is -0.464 e. The number of carbonyl (C=O) groups is 1. The lowest BCUT2D eigenvalue weighted by Gasteiger charge is -2.41. The third-order valence-electron chi connectivity index (χ3n) is 4.67. The van der Waals surface area contributed by atoms with E-state index in [1.165, 1.54) is 18.4 Å². The van der Waals surface area contributed by atoms with Crippen LogP contribution in [0, 0.1) is 5.82 Å². The Morgan fingerprint density at radius 3 is 2.87 bits per heavy atom. The van der Waals surface area contributed by atoms with Crippen molar-refractivity contribution in [1.29, 1.82) is 0 Å². The minimum absolute atomic E-state index is 0.00328. The molecule has 0 spiro atoms. The number of likely N-dealkylation sites (tertiary alicyclic amines) is 1. The molecule has 0 radical (unpaired) electrons. The third kappa shape index (κ3) is 3.23. The first kappa shape index (κ1) is 16.0. The molecule has 0 aliphatic carbocycles. The first-order valence-electron chi connectivity index (χ1n) is 7.82. The molecule has 0 unspecified atom stereocenters. The number of hydrogen-bond donors (Lipinski definition) is 2. The average Bonchev–Trinajstić information content (AvgIpc) is 2.98. The second-order valence-electron chi connectivity index (χ2n) is 6.30. The molecule has 6 heteroatoms. The number of nitrogens with one attached hydrogen (secondary N) is 1. The molecule has 124 valence electrons. The fourth-order valence-corrected chi connectivity index (χ4v) is 3.22. The van der Waals surface area contributed by atoms with Crippen LogP contribution in [0.2, 0.25) is 0 Å². The van der Waals surface area contributed by atoms with Gasteiger partial charge in [0.15, 0.2) is 0 Å². The number of rotatable bonds is 4. The molecule has 3 rings (SSSR count). The van der Waals surface area contributed by atoms with E-state index < -0.39 is 11.4 Å². The van der Waals surface area contributed by atoms with Crippen molar-refractivity contribution in [1.82, 2.24) is 10.2 Å². The van der Waals surface area contributed by atoms with Crippen LogP contribution >= 0.6 is 0 Å². The van der Waals surface area contributed by atoms with Gasteiger partial charge in [0.2, 0.25) is 0 Å². The Morgan fingerprint density at radius 2 is 2.17 bits per heavy atom. The van der Waals surface area contributed by atoms with Crippen LogP contribution in [0.5, 0.6) is 0 Å². The minimum atomic E-state index is -0.469. The summed E-state index contributed by atoms with van der Waals surface area (Å²) in [5.74, 6) is -0.828. The number of aliphatic hydroxyl groups is 1. The lowest BCUT2D eigenvalue weighted by molar-refractivity contribution is 0.0778. The van der Waals surface area contributed by atoms with E-state index in [4.69, 9.17) is 4.42 Å². The standard InChI is InChI=1S/C17H21FN2O3/c1-20-6-3-17(4-7-20,5-8-21)19-16(22)14-11-13(18)10-12-2-9-23-15(12)14/h2,9-11,21H,3-8H2,1H3,(H,19,22). The number of piperidine rings is 1. The molecular weight excluding hydrogens is 299 g/mol. The summed E-state index contributed by atoms with van der Waals surface area (Å²) in [5.41, 5.74) is 0.126. The van der Waals surface area contributed by atoms with E-state index >= 15 is 0 Å². The van der Waals surface area contributed by atoms with E-state index in [0.29, 0.717) is 17.4 Å². The molecule has 1 amide bonds. The van der Waals surface area contributed by atoms with Gasteiger partial charge in [0.1, 0.15) is 11.4 Å². The van der Waals surface area contributed by atoms with Crippen molar-refractivity contribution < 1.29 is 18.7 Å². The molecule has 2 N–H and O–H groups in total. The fraction of sp³-hybridized carbons (Fsp3) is 0.471. The molecule has 1 aliphatic heterocycles. The Balaban J connectivity index is 1.87. The number of benzene rings is 1. The number of amides is 1. The smallest absolute Gasteiger partial charge is 0.255 e. The molecule has 1 fully saturated rings. The Bertz CT molecular complexity index is 705. The third-order valence-corrected chi connectivity index (χ3v) is 4.67. The zero-order chi connectivity index (χ0) is 16.4. The van der Waals surface area contributed by atoms with Crippen molar-refractivity contribution >= 4 is 16.9 Å². The molecular formula is C17H21FN2O3. The average molecular weight is 320 g/mol. The van der Waals surface area contributed by atoms with Crippen molar-refractivity contribution in [3.63, 3.8) is 0 Å². The van der Waals surface area contributed by atoms with Gasteiger partial charge in [-0.25, -0.2) is 4.39 Å². The molecule has 0 atom stereocenters. The Kier molecular flexibility index (Phi) is 4.37. The summed E-state index contributed by atoms with van der Waals surface area (Å²) in [4.78, 5) is 14.9. The molecule has 0 saturated carbocycles. The van der Waals surface area contributed by atoms with Crippen molar-refractivity contribution in [2.45, 2.75) is 24.8 Å². The van der Waals surface area contributed by atoms with Gasteiger partial charge in [0.25, 0.3) is 5.91 Å². The zero-order valence-corrected chi connectivity index (χ0v) is 13.1. The summed E-state index contributed by atoms with van der Waals surface area (Å²) in [6.45, 7) is 1.70. The Hall–Kier alpha value is -1.92. The lowest BCUT2D eigenvalue weighted by atomic mass is 9.84. The van der Waals surface area contributed by atoms with Crippen molar-refractivity contribution in [3.8, 4) is 0 Å². The highest BCUT2D eigenvalue weighted by atomic mass is 19.1. The number of aliphatic hydroxyl groups excluding tert-OH is 1. The van der Waals surface area contributed by atoms with E-state index in [2.05, 4.69) is 10.2 Å². The molecule has 1 aromatic carbocycles. The number of nitrogens with zero attached hydrogens (tertiary/aromatic N) is 1. The SMILES string of the molecule is CN1CCC(CCO)(NC(=O)c2cc(F)cc3ccoc23)CC1. The summed E-state index contributed by atoms with van der Waals surface area (Å²) >= 11 is 0. The van der Waals surface area contributed by atoms with Crippen LogP contribution in [-0.2, 0) is 0 Å². The van der Waals surface area contributed by atoms with Gasteiger partial charge in [-0.2, -0.15) is 0 Å². The first-order chi connectivity index (χ1) is 11.0. The molecule has 1 aromatic heterocycles. The van der Waals surface area contributed by atoms with Gasteiger partial charge in [0, 0.05) is 30.6 Å². The Labute approximate surface area is 134 Å². The van der Waals surface area contributed by atoms with Crippen LogP contribution < -0.4 is 5.32 Å². The summed E-state index contributed by atoms with van der Waals surface area (Å²) < 4.78 is 19.1. The quantitative estimate of drug-likeness (QED) is 0.906. The van der Waals surface area contributed by atoms with E-state index in [0.717, 1.165) is 25.9 Å². The molecule has 2 heterocycles. The van der Waals surface area contributed by atoms with Crippen molar-refractivity contribution in [3.05, 3.63) is 35.8 Å². The van der Waals surface area contributed by atoms with Crippen LogP contribution in [0.1, 0.15) is 29.6 Å². The van der Waals surface area contributed by atoms with Crippen LogP contribution in [-0.4, -0.2) is 48.2 Å². The highest BCUT2D eigenvalue weighted by Gasteiger charge is 2.35. The fourth-order valence-electron chi connectivity index (χ4n) is 3.22. The summed E-state index contributed by atoms with van der Waals surface area (Å²) in [6, 6.07) is 4.17. The maximum absolute atomic E-state index is 13.7. The predicted molar refractivity (Wildman–Crippen MR) is 84.8 cm³/mol. The molecule has 0 bridgehead atoms. The van der Waals surface area contributed by atoms with Gasteiger partial charge in [-0.3, -0.25) is 4.79 Å². The van der Waals surface area contributed by atoms with Crippen LogP contribution in [0.15, 0.2) is 28.9 Å². The van der Waals surface area contributed by atoms with Crippen LogP contribution in [0.25, 0.3) is 11.0 Å². The van der Waals surface area contributed by atoms with Gasteiger partial charge < -0.3 is 19.7 Å². The number of hydrogen-bond acceptors (Lipinski definition) is 4. The summed E-state index contributed by atoms with van der Waals surface area (Å²) in [5, 5.41) is 13.0. The second-order valence-corrected chi connectivity index (χ2v) is 6.30. The molecule has 5 nitrogen and oxygen atoms in total. The van der Waals surface area contributed by atoms with E-state index in [1.807, 2.05) is 7.05 Å². The largest absolute Gasteiger partial charge is 0.464 e. The van der Waals surface area contributed by atoms with Gasteiger partial charge in [-0.1, -0.05) is 0 Å². The number of carbonyl (C=O) groups excluding carboxylic acids is 1. The van der Waals surface area contributed by atoms with Crippen molar-refractivity contribution in [2.75, 3.05) is 26.7 Å². The van der Waals surface area contributed by atoms with Crippen LogP contribution in [0.3, 0.4) is 0 Å². The monoisotopic (exact) mass is 320 g/mol. The van der Waals surface area contributed by atoms with Crippen LogP contribution in [0.4, 0.5) is 4.39 Å². The predicted octanol–water partition coefficient (Wildman–Crippen LogP) is 2.15. The number of furan rings is 1. The maximum atomic E-state index is 13.7. The lowest BCUT2D eigenvalue weighted by Crippen LogP contribution is -2.55. The number of halogens is 1. The molecule has 2 aromatic rings.